The van der Waals surface area contributed by atoms with Crippen LogP contribution >= 0.6 is 11.8 Å². The van der Waals surface area contributed by atoms with E-state index in [0.29, 0.717) is 25.6 Å². The van der Waals surface area contributed by atoms with Gasteiger partial charge in [-0.05, 0) is 6.42 Å². The number of hydrogen-bond donors (Lipinski definition) is 1. The Morgan fingerprint density at radius 2 is 2.09 bits per heavy atom. The maximum atomic E-state index is 12.3. The summed E-state index contributed by atoms with van der Waals surface area (Å²) in [5.74, 6) is 3.21. The Morgan fingerprint density at radius 1 is 1.35 bits per heavy atom. The number of likely N-dealkylation sites (tertiary alicyclic amines) is 1. The molecule has 2 saturated heterocycles. The van der Waals surface area contributed by atoms with Crippen molar-refractivity contribution in [2.75, 3.05) is 70.7 Å². The zero-order valence-electron chi connectivity index (χ0n) is 14.0. The van der Waals surface area contributed by atoms with Gasteiger partial charge in [-0.1, -0.05) is 0 Å². The number of sulfonamides is 1. The highest BCUT2D eigenvalue weighted by Gasteiger charge is 2.26. The van der Waals surface area contributed by atoms with Crippen LogP contribution in [0.5, 0.6) is 0 Å². The van der Waals surface area contributed by atoms with Crippen molar-refractivity contribution in [3.8, 4) is 0 Å². The molecule has 0 radical (unpaired) electrons. The predicted molar refractivity (Wildman–Crippen MR) is 95.6 cm³/mol. The number of guanidine groups is 1. The SMILES string of the molecule is CN=C(NCCS(=O)(=O)N1CCSCC1)N1CCC(COC)C1. The molecule has 0 aliphatic carbocycles. The molecule has 134 valence electrons. The summed E-state index contributed by atoms with van der Waals surface area (Å²) >= 11 is 1.81. The molecule has 2 heterocycles. The molecular weight excluding hydrogens is 336 g/mol. The first kappa shape index (κ1) is 18.8. The second-order valence-corrected chi connectivity index (χ2v) is 9.17. The molecule has 0 bridgehead atoms. The van der Waals surface area contributed by atoms with Crippen molar-refractivity contribution >= 4 is 27.7 Å². The number of hydrogen-bond acceptors (Lipinski definition) is 5. The molecule has 0 amide bonds. The largest absolute Gasteiger partial charge is 0.384 e. The normalized spacial score (nSPS) is 24.2. The van der Waals surface area contributed by atoms with Crippen LogP contribution in [0.3, 0.4) is 0 Å². The number of methoxy groups -OCH3 is 1. The molecule has 1 unspecified atom stereocenters. The Morgan fingerprint density at radius 3 is 2.74 bits per heavy atom. The third-order valence-corrected chi connectivity index (χ3v) is 7.02. The quantitative estimate of drug-likeness (QED) is 0.524. The van der Waals surface area contributed by atoms with Gasteiger partial charge in [0.25, 0.3) is 0 Å². The number of aliphatic imine (C=N–C) groups is 1. The fraction of sp³-hybridized carbons (Fsp3) is 0.929. The van der Waals surface area contributed by atoms with Crippen LogP contribution in [0, 0.1) is 5.92 Å². The van der Waals surface area contributed by atoms with E-state index in [4.69, 9.17) is 4.74 Å². The van der Waals surface area contributed by atoms with Gasteiger partial charge in [-0.15, -0.1) is 0 Å². The molecule has 2 aliphatic heterocycles. The number of nitrogens with zero attached hydrogens (tertiary/aromatic N) is 3. The summed E-state index contributed by atoms with van der Waals surface area (Å²) in [5.41, 5.74) is 0. The Hall–Kier alpha value is -0.510. The second-order valence-electron chi connectivity index (χ2n) is 5.86. The average molecular weight is 365 g/mol. The molecule has 0 aromatic rings. The van der Waals surface area contributed by atoms with Gasteiger partial charge in [-0.2, -0.15) is 11.8 Å². The number of thioether (sulfide) groups is 1. The topological polar surface area (TPSA) is 74.2 Å². The molecule has 2 aliphatic rings. The number of nitrogens with one attached hydrogen (secondary N) is 1. The van der Waals surface area contributed by atoms with E-state index < -0.39 is 10.0 Å². The highest BCUT2D eigenvalue weighted by atomic mass is 32.2. The van der Waals surface area contributed by atoms with Gasteiger partial charge in [0.05, 0.1) is 12.4 Å². The lowest BCUT2D eigenvalue weighted by Gasteiger charge is -2.26. The monoisotopic (exact) mass is 364 g/mol. The number of rotatable bonds is 6. The minimum absolute atomic E-state index is 0.117. The van der Waals surface area contributed by atoms with Crippen molar-refractivity contribution < 1.29 is 13.2 Å². The van der Waals surface area contributed by atoms with E-state index in [2.05, 4.69) is 15.2 Å². The van der Waals surface area contributed by atoms with Gasteiger partial charge < -0.3 is 15.0 Å². The van der Waals surface area contributed by atoms with Gasteiger partial charge in [-0.3, -0.25) is 4.99 Å². The highest BCUT2D eigenvalue weighted by Crippen LogP contribution is 2.16. The van der Waals surface area contributed by atoms with Crippen molar-refractivity contribution in [1.82, 2.24) is 14.5 Å². The molecule has 0 aromatic carbocycles. The lowest BCUT2D eigenvalue weighted by molar-refractivity contribution is 0.157. The highest BCUT2D eigenvalue weighted by molar-refractivity contribution is 7.99. The Bertz CT molecular complexity index is 492. The van der Waals surface area contributed by atoms with Crippen LogP contribution in [0.1, 0.15) is 6.42 Å². The fourth-order valence-electron chi connectivity index (χ4n) is 2.97. The third kappa shape index (κ3) is 5.51. The van der Waals surface area contributed by atoms with E-state index in [1.807, 2.05) is 11.8 Å². The minimum atomic E-state index is -3.17. The molecule has 7 nitrogen and oxygen atoms in total. The van der Waals surface area contributed by atoms with Crippen molar-refractivity contribution in [1.29, 1.82) is 0 Å². The smallest absolute Gasteiger partial charge is 0.215 e. The van der Waals surface area contributed by atoms with Crippen LogP contribution < -0.4 is 5.32 Å². The molecule has 0 spiro atoms. The predicted octanol–water partition coefficient (Wildman–Crippen LogP) is -0.0913. The Labute approximate surface area is 143 Å². The summed E-state index contributed by atoms with van der Waals surface area (Å²) in [5, 5.41) is 3.19. The summed E-state index contributed by atoms with van der Waals surface area (Å²) in [4.78, 5) is 6.45. The number of ether oxygens (including phenoxy) is 1. The van der Waals surface area contributed by atoms with Crippen LogP contribution in [0.4, 0.5) is 0 Å². The Kier molecular flexibility index (Phi) is 7.45. The van der Waals surface area contributed by atoms with Gasteiger partial charge in [-0.25, -0.2) is 12.7 Å². The third-order valence-electron chi connectivity index (χ3n) is 4.21. The molecule has 2 rings (SSSR count). The van der Waals surface area contributed by atoms with Crippen molar-refractivity contribution in [3.05, 3.63) is 0 Å². The molecule has 1 N–H and O–H groups in total. The molecule has 9 heteroatoms. The van der Waals surface area contributed by atoms with Gasteiger partial charge >= 0.3 is 0 Å². The lowest BCUT2D eigenvalue weighted by atomic mass is 10.1. The average Bonchev–Trinajstić information content (AvgIpc) is 3.01. The van der Waals surface area contributed by atoms with E-state index in [1.54, 1.807) is 18.5 Å². The summed E-state index contributed by atoms with van der Waals surface area (Å²) < 4.78 is 31.5. The van der Waals surface area contributed by atoms with Gasteiger partial charge in [0.15, 0.2) is 5.96 Å². The molecule has 2 fully saturated rings. The molecule has 0 aromatic heterocycles. The second kappa shape index (κ2) is 9.10. The van der Waals surface area contributed by atoms with Crippen LogP contribution in [-0.2, 0) is 14.8 Å². The van der Waals surface area contributed by atoms with Crippen molar-refractivity contribution in [2.45, 2.75) is 6.42 Å². The first-order valence-corrected chi connectivity index (χ1v) is 10.8. The summed E-state index contributed by atoms with van der Waals surface area (Å²) in [6.07, 6.45) is 1.08. The van der Waals surface area contributed by atoms with E-state index >= 15 is 0 Å². The maximum Gasteiger partial charge on any atom is 0.215 e. The maximum absolute atomic E-state index is 12.3. The molecule has 1 atom stereocenters. The Balaban J connectivity index is 1.77. The molecule has 23 heavy (non-hydrogen) atoms. The summed E-state index contributed by atoms with van der Waals surface area (Å²) in [7, 11) is 0.294. The van der Waals surface area contributed by atoms with Crippen LogP contribution in [-0.4, -0.2) is 94.3 Å². The summed E-state index contributed by atoms with van der Waals surface area (Å²) in [6, 6.07) is 0. The first-order valence-electron chi connectivity index (χ1n) is 8.07. The van der Waals surface area contributed by atoms with Gasteiger partial charge in [0, 0.05) is 64.3 Å². The summed E-state index contributed by atoms with van der Waals surface area (Å²) in [6.45, 7) is 4.26. The molecule has 0 saturated carbocycles. The van der Waals surface area contributed by atoms with Crippen molar-refractivity contribution in [2.24, 2.45) is 10.9 Å². The van der Waals surface area contributed by atoms with Crippen LogP contribution in [0.2, 0.25) is 0 Å². The minimum Gasteiger partial charge on any atom is -0.384 e. The van der Waals surface area contributed by atoms with E-state index in [1.165, 1.54) is 0 Å². The van der Waals surface area contributed by atoms with E-state index in [0.717, 1.165) is 43.6 Å². The zero-order chi connectivity index (χ0) is 16.7. The van der Waals surface area contributed by atoms with Gasteiger partial charge in [0.2, 0.25) is 10.0 Å². The van der Waals surface area contributed by atoms with Gasteiger partial charge in [0.1, 0.15) is 0 Å². The first-order chi connectivity index (χ1) is 11.1. The van der Waals surface area contributed by atoms with E-state index in [-0.39, 0.29) is 5.75 Å². The van der Waals surface area contributed by atoms with Crippen molar-refractivity contribution in [3.63, 3.8) is 0 Å². The molecular formula is C14H28N4O3S2. The zero-order valence-corrected chi connectivity index (χ0v) is 15.7. The van der Waals surface area contributed by atoms with Crippen LogP contribution in [0.15, 0.2) is 4.99 Å². The van der Waals surface area contributed by atoms with E-state index in [9.17, 15) is 8.42 Å². The fourth-order valence-corrected chi connectivity index (χ4v) is 5.47. The lowest BCUT2D eigenvalue weighted by Crippen LogP contribution is -2.45. The standard InChI is InChI=1S/C14H28N4O3S2/c1-15-14(17-5-3-13(11-17)12-21-2)16-4-10-23(19,20)18-6-8-22-9-7-18/h13H,3-12H2,1-2H3,(H,15,16). The van der Waals surface area contributed by atoms with Crippen LogP contribution in [0.25, 0.3) is 0 Å².